The van der Waals surface area contributed by atoms with Gasteiger partial charge < -0.3 is 5.11 Å². The summed E-state index contributed by atoms with van der Waals surface area (Å²) in [4.78, 5) is -0.437. The number of benzene rings is 2. The maximum absolute atomic E-state index is 13.7. The van der Waals surface area contributed by atoms with Crippen molar-refractivity contribution in [3.05, 3.63) is 52.3 Å². The summed E-state index contributed by atoms with van der Waals surface area (Å²) in [6.07, 6.45) is 0. The maximum atomic E-state index is 13.7. The van der Waals surface area contributed by atoms with Gasteiger partial charge in [-0.2, -0.15) is 0 Å². The molecular formula is C13H11BrFNO3S. The molecule has 0 spiro atoms. The van der Waals surface area contributed by atoms with Gasteiger partial charge in [-0.3, -0.25) is 4.72 Å². The molecule has 2 aromatic carbocycles. The van der Waals surface area contributed by atoms with Crippen molar-refractivity contribution >= 4 is 31.6 Å². The number of sulfonamides is 1. The first kappa shape index (κ1) is 14.8. The Bertz CT molecular complexity index is 762. The molecule has 0 aliphatic rings. The van der Waals surface area contributed by atoms with Crippen LogP contribution in [0.25, 0.3) is 0 Å². The van der Waals surface area contributed by atoms with Gasteiger partial charge in [-0.1, -0.05) is 15.9 Å². The molecule has 0 radical (unpaired) electrons. The summed E-state index contributed by atoms with van der Waals surface area (Å²) in [6, 6.07) is 7.88. The minimum Gasteiger partial charge on any atom is -0.508 e. The molecule has 0 atom stereocenters. The van der Waals surface area contributed by atoms with Crippen molar-refractivity contribution in [2.45, 2.75) is 11.8 Å². The zero-order valence-corrected chi connectivity index (χ0v) is 12.8. The Hall–Kier alpha value is -1.60. The van der Waals surface area contributed by atoms with Crippen LogP contribution in [0.4, 0.5) is 10.1 Å². The minimum absolute atomic E-state index is 0.0280. The average Bonchev–Trinajstić information content (AvgIpc) is 2.32. The Morgan fingerprint density at radius 1 is 1.20 bits per heavy atom. The summed E-state index contributed by atoms with van der Waals surface area (Å²) in [5.74, 6) is -0.816. The van der Waals surface area contributed by atoms with Gasteiger partial charge in [-0.15, -0.1) is 0 Å². The van der Waals surface area contributed by atoms with Gasteiger partial charge in [-0.25, -0.2) is 12.8 Å². The lowest BCUT2D eigenvalue weighted by Crippen LogP contribution is -2.15. The molecule has 0 bridgehead atoms. The van der Waals surface area contributed by atoms with Crippen molar-refractivity contribution in [1.29, 1.82) is 0 Å². The summed E-state index contributed by atoms with van der Waals surface area (Å²) >= 11 is 3.07. The van der Waals surface area contributed by atoms with E-state index in [1.807, 2.05) is 0 Å². The van der Waals surface area contributed by atoms with Gasteiger partial charge >= 0.3 is 0 Å². The Morgan fingerprint density at radius 3 is 2.50 bits per heavy atom. The second-order valence-electron chi connectivity index (χ2n) is 4.18. The van der Waals surface area contributed by atoms with Gasteiger partial charge in [0.05, 0.1) is 5.69 Å². The summed E-state index contributed by atoms with van der Waals surface area (Å²) in [5, 5.41) is 9.29. The van der Waals surface area contributed by atoms with E-state index in [-0.39, 0.29) is 11.4 Å². The van der Waals surface area contributed by atoms with Crippen molar-refractivity contribution < 1.29 is 17.9 Å². The van der Waals surface area contributed by atoms with E-state index in [1.54, 1.807) is 6.92 Å². The lowest BCUT2D eigenvalue weighted by molar-refractivity contribution is 0.475. The number of rotatable bonds is 3. The van der Waals surface area contributed by atoms with Crippen LogP contribution in [0.2, 0.25) is 0 Å². The van der Waals surface area contributed by atoms with Crippen LogP contribution in [0, 0.1) is 12.7 Å². The molecule has 20 heavy (non-hydrogen) atoms. The Labute approximate surface area is 124 Å². The molecule has 4 nitrogen and oxygen atoms in total. The molecule has 0 amide bonds. The van der Waals surface area contributed by atoms with Crippen LogP contribution >= 0.6 is 15.9 Å². The first-order valence-electron chi connectivity index (χ1n) is 5.57. The van der Waals surface area contributed by atoms with Crippen molar-refractivity contribution in [3.8, 4) is 5.75 Å². The predicted octanol–water partition coefficient (Wildman–Crippen LogP) is 3.40. The van der Waals surface area contributed by atoms with Crippen molar-refractivity contribution in [2.24, 2.45) is 0 Å². The molecule has 2 rings (SSSR count). The molecule has 106 valence electrons. The quantitative estimate of drug-likeness (QED) is 0.825. The zero-order valence-electron chi connectivity index (χ0n) is 10.4. The molecule has 0 fully saturated rings. The zero-order chi connectivity index (χ0) is 14.9. The average molecular weight is 360 g/mol. The lowest BCUT2D eigenvalue weighted by atomic mass is 10.2. The topological polar surface area (TPSA) is 66.4 Å². The van der Waals surface area contributed by atoms with E-state index < -0.39 is 20.7 Å². The highest BCUT2D eigenvalue weighted by Crippen LogP contribution is 2.25. The number of nitrogens with one attached hydrogen (secondary N) is 1. The van der Waals surface area contributed by atoms with E-state index in [2.05, 4.69) is 20.7 Å². The summed E-state index contributed by atoms with van der Waals surface area (Å²) in [5.41, 5.74) is 0.816. The SMILES string of the molecule is Cc1cc(O)ccc1NS(=O)(=O)c1ccc(Br)cc1F. The van der Waals surface area contributed by atoms with Crippen LogP contribution in [0.1, 0.15) is 5.56 Å². The number of aryl methyl sites for hydroxylation is 1. The fourth-order valence-electron chi connectivity index (χ4n) is 1.66. The van der Waals surface area contributed by atoms with E-state index in [1.165, 1.54) is 30.3 Å². The van der Waals surface area contributed by atoms with Gasteiger partial charge in [-0.05, 0) is 48.9 Å². The van der Waals surface area contributed by atoms with Crippen LogP contribution in [-0.4, -0.2) is 13.5 Å². The Morgan fingerprint density at radius 2 is 1.90 bits per heavy atom. The van der Waals surface area contributed by atoms with Gasteiger partial charge in [0.1, 0.15) is 16.5 Å². The first-order chi connectivity index (χ1) is 9.29. The molecule has 2 N–H and O–H groups in total. The normalized spacial score (nSPS) is 11.3. The standard InChI is InChI=1S/C13H11BrFNO3S/c1-8-6-10(17)3-4-12(8)16-20(18,19)13-5-2-9(14)7-11(13)15/h2-7,16-17H,1H3. The molecule has 0 aromatic heterocycles. The number of halogens is 2. The van der Waals surface area contributed by atoms with Crippen LogP contribution < -0.4 is 4.72 Å². The van der Waals surface area contributed by atoms with Crippen LogP contribution in [0.3, 0.4) is 0 Å². The summed E-state index contributed by atoms with van der Waals surface area (Å²) in [6.45, 7) is 1.63. The second kappa shape index (κ2) is 5.41. The largest absolute Gasteiger partial charge is 0.508 e. The van der Waals surface area contributed by atoms with Gasteiger partial charge in [0.15, 0.2) is 0 Å². The number of aromatic hydroxyl groups is 1. The molecule has 0 aliphatic heterocycles. The third-order valence-corrected chi connectivity index (χ3v) is 4.53. The number of hydrogen-bond donors (Lipinski definition) is 2. The van der Waals surface area contributed by atoms with E-state index in [0.717, 1.165) is 6.07 Å². The van der Waals surface area contributed by atoms with Gasteiger partial charge in [0.2, 0.25) is 0 Å². The second-order valence-corrected chi connectivity index (χ2v) is 6.75. The van der Waals surface area contributed by atoms with E-state index in [0.29, 0.717) is 10.0 Å². The van der Waals surface area contributed by atoms with E-state index in [9.17, 15) is 17.9 Å². The first-order valence-corrected chi connectivity index (χ1v) is 7.85. The Balaban J connectivity index is 2.41. The maximum Gasteiger partial charge on any atom is 0.264 e. The van der Waals surface area contributed by atoms with Crippen LogP contribution in [-0.2, 0) is 10.0 Å². The highest BCUT2D eigenvalue weighted by atomic mass is 79.9. The molecule has 0 unspecified atom stereocenters. The lowest BCUT2D eigenvalue weighted by Gasteiger charge is -2.11. The smallest absolute Gasteiger partial charge is 0.264 e. The Kier molecular flexibility index (Phi) is 4.01. The minimum atomic E-state index is -4.02. The van der Waals surface area contributed by atoms with E-state index >= 15 is 0 Å². The third kappa shape index (κ3) is 3.10. The molecular weight excluding hydrogens is 349 g/mol. The highest BCUT2D eigenvalue weighted by molar-refractivity contribution is 9.10. The predicted molar refractivity (Wildman–Crippen MR) is 77.8 cm³/mol. The monoisotopic (exact) mass is 359 g/mol. The molecule has 0 saturated heterocycles. The number of phenolic OH excluding ortho intramolecular Hbond substituents is 1. The van der Waals surface area contributed by atoms with Crippen molar-refractivity contribution in [1.82, 2.24) is 0 Å². The molecule has 2 aromatic rings. The van der Waals surface area contributed by atoms with Crippen molar-refractivity contribution in [2.75, 3.05) is 4.72 Å². The van der Waals surface area contributed by atoms with Crippen LogP contribution in [0.5, 0.6) is 5.75 Å². The molecule has 0 aliphatic carbocycles. The summed E-state index contributed by atoms with van der Waals surface area (Å²) < 4.78 is 40.8. The number of phenols is 1. The van der Waals surface area contributed by atoms with E-state index in [4.69, 9.17) is 0 Å². The van der Waals surface area contributed by atoms with Crippen LogP contribution in [0.15, 0.2) is 45.8 Å². The number of anilines is 1. The fourth-order valence-corrected chi connectivity index (χ4v) is 3.18. The van der Waals surface area contributed by atoms with Crippen molar-refractivity contribution in [3.63, 3.8) is 0 Å². The highest BCUT2D eigenvalue weighted by Gasteiger charge is 2.20. The third-order valence-electron chi connectivity index (χ3n) is 2.64. The number of hydrogen-bond acceptors (Lipinski definition) is 3. The molecule has 7 heteroatoms. The fraction of sp³-hybridized carbons (Fsp3) is 0.0769. The molecule has 0 saturated carbocycles. The summed E-state index contributed by atoms with van der Waals surface area (Å²) in [7, 11) is -4.02. The van der Waals surface area contributed by atoms with Gasteiger partial charge in [0, 0.05) is 4.47 Å². The van der Waals surface area contributed by atoms with Gasteiger partial charge in [0.25, 0.3) is 10.0 Å². The molecule has 0 heterocycles.